The van der Waals surface area contributed by atoms with Gasteiger partial charge in [-0.05, 0) is 37.8 Å². The van der Waals surface area contributed by atoms with E-state index in [4.69, 9.17) is 0 Å². The van der Waals surface area contributed by atoms with E-state index < -0.39 is 5.66 Å². The molecule has 2 fully saturated rings. The molecule has 0 bridgehead atoms. The predicted molar refractivity (Wildman–Crippen MR) is 93.0 cm³/mol. The fraction of sp³-hybridized carbons (Fsp3) is 0.579. The van der Waals surface area contributed by atoms with E-state index in [0.29, 0.717) is 11.3 Å². The van der Waals surface area contributed by atoms with Gasteiger partial charge in [-0.3, -0.25) is 19.4 Å². The summed E-state index contributed by atoms with van der Waals surface area (Å²) in [6, 6.07) is 7.41. The van der Waals surface area contributed by atoms with Gasteiger partial charge in [0, 0.05) is 31.7 Å². The second-order valence-electron chi connectivity index (χ2n) is 7.10. The fourth-order valence-corrected chi connectivity index (χ4v) is 4.50. The SMILES string of the molecule is O=C1Nc2ccccc2C(=O)C1(N1CCCCC1)N1CCCCC1. The average Bonchev–Trinajstić information content (AvgIpc) is 2.64. The predicted octanol–water partition coefficient (Wildman–Crippen LogP) is 2.49. The van der Waals surface area contributed by atoms with Crippen LogP contribution in [0, 0.1) is 0 Å². The number of fused-ring (bicyclic) bond motifs is 1. The number of benzene rings is 1. The lowest BCUT2D eigenvalue weighted by molar-refractivity contribution is -0.140. The summed E-state index contributed by atoms with van der Waals surface area (Å²) in [5, 5.41) is 3.03. The molecule has 1 aromatic carbocycles. The van der Waals surface area contributed by atoms with Crippen molar-refractivity contribution in [1.29, 1.82) is 0 Å². The summed E-state index contributed by atoms with van der Waals surface area (Å²) in [6.45, 7) is 3.27. The van der Waals surface area contributed by atoms with E-state index in [1.807, 2.05) is 24.3 Å². The standard InChI is InChI=1S/C19H25N3O2/c23-17-15-9-3-4-10-16(15)20-18(24)19(17,21-11-5-1-6-12-21)22-13-7-2-8-14-22/h3-4,9-10H,1-2,5-8,11-14H2,(H,20,24). The van der Waals surface area contributed by atoms with E-state index in [2.05, 4.69) is 15.1 Å². The van der Waals surface area contributed by atoms with Gasteiger partial charge >= 0.3 is 0 Å². The maximum absolute atomic E-state index is 13.6. The van der Waals surface area contributed by atoms with Gasteiger partial charge in [0.1, 0.15) is 0 Å². The van der Waals surface area contributed by atoms with Crippen LogP contribution in [0.25, 0.3) is 0 Å². The molecule has 4 rings (SSSR count). The van der Waals surface area contributed by atoms with Gasteiger partial charge in [-0.2, -0.15) is 0 Å². The van der Waals surface area contributed by atoms with Gasteiger partial charge < -0.3 is 5.32 Å². The molecule has 0 aliphatic carbocycles. The van der Waals surface area contributed by atoms with Crippen molar-refractivity contribution >= 4 is 17.4 Å². The molecule has 1 aromatic rings. The lowest BCUT2D eigenvalue weighted by Crippen LogP contribution is -2.74. The molecule has 0 aromatic heterocycles. The van der Waals surface area contributed by atoms with E-state index in [9.17, 15) is 9.59 Å². The smallest absolute Gasteiger partial charge is 0.268 e. The third-order valence-electron chi connectivity index (χ3n) is 5.68. The second-order valence-corrected chi connectivity index (χ2v) is 7.10. The summed E-state index contributed by atoms with van der Waals surface area (Å²) in [4.78, 5) is 31.2. The minimum atomic E-state index is -1.14. The minimum Gasteiger partial charge on any atom is -0.322 e. The normalized spacial score (nSPS) is 25.2. The number of hydrogen-bond donors (Lipinski definition) is 1. The Morgan fingerprint density at radius 1 is 0.792 bits per heavy atom. The Morgan fingerprint density at radius 3 is 1.92 bits per heavy atom. The van der Waals surface area contributed by atoms with E-state index in [1.165, 1.54) is 12.8 Å². The number of likely N-dealkylation sites (tertiary alicyclic amines) is 2. The molecule has 0 unspecified atom stereocenters. The Bertz CT molecular complexity index is 628. The first-order valence-electron chi connectivity index (χ1n) is 9.20. The summed E-state index contributed by atoms with van der Waals surface area (Å²) in [5.74, 6) is -0.194. The second kappa shape index (κ2) is 6.30. The number of carbonyl (C=O) groups is 2. The molecule has 3 aliphatic rings. The number of Topliss-reactive ketones (excluding diaryl/α,β-unsaturated/α-hetero) is 1. The number of para-hydroxylation sites is 1. The lowest BCUT2D eigenvalue weighted by Gasteiger charge is -2.52. The Hall–Kier alpha value is -1.72. The Labute approximate surface area is 143 Å². The maximum atomic E-state index is 13.6. The molecule has 24 heavy (non-hydrogen) atoms. The van der Waals surface area contributed by atoms with Gasteiger partial charge in [0.25, 0.3) is 5.91 Å². The molecule has 1 amide bonds. The topological polar surface area (TPSA) is 52.7 Å². The molecular formula is C19H25N3O2. The first-order valence-corrected chi connectivity index (χ1v) is 9.20. The van der Waals surface area contributed by atoms with Crippen LogP contribution >= 0.6 is 0 Å². The van der Waals surface area contributed by atoms with Gasteiger partial charge in [-0.15, -0.1) is 0 Å². The van der Waals surface area contributed by atoms with Crippen LogP contribution in [0.15, 0.2) is 24.3 Å². The van der Waals surface area contributed by atoms with Crippen molar-refractivity contribution in [2.45, 2.75) is 44.2 Å². The molecule has 128 valence electrons. The highest BCUT2D eigenvalue weighted by Crippen LogP contribution is 2.37. The summed E-state index contributed by atoms with van der Waals surface area (Å²) < 4.78 is 0. The number of carbonyl (C=O) groups excluding carboxylic acids is 2. The first-order chi connectivity index (χ1) is 11.7. The number of anilines is 1. The van der Waals surface area contributed by atoms with Gasteiger partial charge in [-0.1, -0.05) is 25.0 Å². The molecule has 0 atom stereocenters. The number of ketones is 1. The van der Waals surface area contributed by atoms with E-state index in [-0.39, 0.29) is 11.7 Å². The van der Waals surface area contributed by atoms with Crippen molar-refractivity contribution in [3.8, 4) is 0 Å². The zero-order chi connectivity index (χ0) is 16.6. The Balaban J connectivity index is 1.82. The highest BCUT2D eigenvalue weighted by molar-refractivity contribution is 6.27. The van der Waals surface area contributed by atoms with E-state index >= 15 is 0 Å². The number of amides is 1. The van der Waals surface area contributed by atoms with Crippen molar-refractivity contribution < 1.29 is 9.59 Å². The van der Waals surface area contributed by atoms with Crippen molar-refractivity contribution in [2.75, 3.05) is 31.5 Å². The Kier molecular flexibility index (Phi) is 4.14. The largest absolute Gasteiger partial charge is 0.322 e. The molecule has 1 N–H and O–H groups in total. The zero-order valence-electron chi connectivity index (χ0n) is 14.1. The number of hydrogen-bond acceptors (Lipinski definition) is 4. The highest BCUT2D eigenvalue weighted by Gasteiger charge is 2.58. The summed E-state index contributed by atoms with van der Waals surface area (Å²) in [6.07, 6.45) is 6.57. The van der Waals surface area contributed by atoms with Crippen LogP contribution in [0.3, 0.4) is 0 Å². The molecule has 0 radical (unpaired) electrons. The fourth-order valence-electron chi connectivity index (χ4n) is 4.50. The molecule has 3 aliphatic heterocycles. The molecular weight excluding hydrogens is 302 g/mol. The van der Waals surface area contributed by atoms with Gasteiger partial charge in [-0.25, -0.2) is 0 Å². The van der Waals surface area contributed by atoms with Crippen LogP contribution < -0.4 is 5.32 Å². The third-order valence-corrected chi connectivity index (χ3v) is 5.68. The number of rotatable bonds is 2. The Morgan fingerprint density at radius 2 is 1.33 bits per heavy atom. The van der Waals surface area contributed by atoms with Crippen LogP contribution in [-0.4, -0.2) is 53.3 Å². The maximum Gasteiger partial charge on any atom is 0.268 e. The van der Waals surface area contributed by atoms with Crippen LogP contribution in [-0.2, 0) is 4.79 Å². The van der Waals surface area contributed by atoms with Gasteiger partial charge in [0.15, 0.2) is 0 Å². The molecule has 2 saturated heterocycles. The summed E-state index contributed by atoms with van der Waals surface area (Å²) in [7, 11) is 0. The molecule has 0 saturated carbocycles. The molecule has 5 heteroatoms. The first kappa shape index (κ1) is 15.8. The number of piperidine rings is 2. The monoisotopic (exact) mass is 327 g/mol. The quantitative estimate of drug-likeness (QED) is 0.848. The number of nitrogens with one attached hydrogen (secondary N) is 1. The number of nitrogens with zero attached hydrogens (tertiary/aromatic N) is 2. The lowest BCUT2D eigenvalue weighted by atomic mass is 9.85. The van der Waals surface area contributed by atoms with Gasteiger partial charge in [0.2, 0.25) is 11.4 Å². The van der Waals surface area contributed by atoms with Crippen molar-refractivity contribution in [2.24, 2.45) is 0 Å². The van der Waals surface area contributed by atoms with Gasteiger partial charge in [0.05, 0.1) is 5.69 Å². The molecule has 5 nitrogen and oxygen atoms in total. The van der Waals surface area contributed by atoms with Crippen molar-refractivity contribution in [1.82, 2.24) is 9.80 Å². The van der Waals surface area contributed by atoms with E-state index in [0.717, 1.165) is 51.9 Å². The average molecular weight is 327 g/mol. The zero-order valence-corrected chi connectivity index (χ0v) is 14.1. The van der Waals surface area contributed by atoms with Crippen LogP contribution in [0.4, 0.5) is 5.69 Å². The minimum absolute atomic E-state index is 0.0364. The van der Waals surface area contributed by atoms with E-state index in [1.54, 1.807) is 0 Å². The van der Waals surface area contributed by atoms with Crippen molar-refractivity contribution in [3.05, 3.63) is 29.8 Å². The summed E-state index contributed by atoms with van der Waals surface area (Å²) in [5.41, 5.74) is 0.153. The molecule has 3 heterocycles. The van der Waals surface area contributed by atoms with Crippen LogP contribution in [0.1, 0.15) is 48.9 Å². The third kappa shape index (κ3) is 2.30. The van der Waals surface area contributed by atoms with Crippen LogP contribution in [0.5, 0.6) is 0 Å². The van der Waals surface area contributed by atoms with Crippen LogP contribution in [0.2, 0.25) is 0 Å². The van der Waals surface area contributed by atoms with Crippen molar-refractivity contribution in [3.63, 3.8) is 0 Å². The molecule has 0 spiro atoms. The summed E-state index contributed by atoms with van der Waals surface area (Å²) >= 11 is 0. The highest BCUT2D eigenvalue weighted by atomic mass is 16.2.